The average Bonchev–Trinajstić information content (AvgIpc) is 2.60. The molecule has 25 heavy (non-hydrogen) atoms. The van der Waals surface area contributed by atoms with Gasteiger partial charge >= 0.3 is 0 Å². The minimum Gasteiger partial charge on any atom is -0.494 e. The van der Waals surface area contributed by atoms with E-state index < -0.39 is 0 Å². The number of aryl methyl sites for hydroxylation is 2. The first kappa shape index (κ1) is 19.4. The van der Waals surface area contributed by atoms with Gasteiger partial charge in [-0.05, 0) is 38.0 Å². The number of carbonyl (C=O) groups is 1. The van der Waals surface area contributed by atoms with Crippen LogP contribution in [0.4, 0.5) is 0 Å². The zero-order valence-electron chi connectivity index (χ0n) is 15.1. The lowest BCUT2D eigenvalue weighted by Crippen LogP contribution is -2.25. The fraction of sp³-hybridized carbons (Fsp3) is 0.381. The van der Waals surface area contributed by atoms with E-state index in [1.165, 1.54) is 16.7 Å². The van der Waals surface area contributed by atoms with Crippen molar-refractivity contribution in [2.24, 2.45) is 0 Å². The molecule has 0 aliphatic carbocycles. The van der Waals surface area contributed by atoms with E-state index in [9.17, 15) is 4.79 Å². The monoisotopic (exact) mass is 357 g/mol. The molecule has 134 valence electrons. The van der Waals surface area contributed by atoms with Crippen molar-refractivity contribution in [3.05, 3.63) is 65.2 Å². The summed E-state index contributed by atoms with van der Waals surface area (Å²) in [7, 11) is 0. The van der Waals surface area contributed by atoms with Gasteiger partial charge in [-0.25, -0.2) is 0 Å². The van der Waals surface area contributed by atoms with Crippen molar-refractivity contribution in [1.29, 1.82) is 0 Å². The van der Waals surface area contributed by atoms with E-state index in [0.29, 0.717) is 19.6 Å². The van der Waals surface area contributed by atoms with Gasteiger partial charge < -0.3 is 10.1 Å². The molecule has 0 unspecified atom stereocenters. The first-order chi connectivity index (χ1) is 12.1. The molecule has 2 aromatic rings. The third kappa shape index (κ3) is 8.12. The van der Waals surface area contributed by atoms with E-state index in [1.807, 2.05) is 43.0 Å². The molecule has 0 aliphatic rings. The van der Waals surface area contributed by atoms with Crippen LogP contribution in [0.15, 0.2) is 48.5 Å². The number of nitrogens with one attached hydrogen (secondary N) is 1. The van der Waals surface area contributed by atoms with Crippen LogP contribution in [0.3, 0.4) is 0 Å². The van der Waals surface area contributed by atoms with Gasteiger partial charge in [-0.2, -0.15) is 11.8 Å². The van der Waals surface area contributed by atoms with Crippen LogP contribution in [0.25, 0.3) is 0 Å². The molecule has 0 saturated heterocycles. The summed E-state index contributed by atoms with van der Waals surface area (Å²) in [5.41, 5.74) is 3.84. The fourth-order valence-electron chi connectivity index (χ4n) is 2.40. The van der Waals surface area contributed by atoms with Gasteiger partial charge in [0.15, 0.2) is 0 Å². The van der Waals surface area contributed by atoms with Crippen molar-refractivity contribution < 1.29 is 9.53 Å². The second-order valence-electron chi connectivity index (χ2n) is 6.16. The summed E-state index contributed by atoms with van der Waals surface area (Å²) in [6, 6.07) is 16.5. The van der Waals surface area contributed by atoms with Crippen LogP contribution < -0.4 is 10.1 Å². The highest BCUT2D eigenvalue weighted by Crippen LogP contribution is 2.13. The SMILES string of the molecule is Cc1ccc(OCCCC(=O)NCCSCc2cccc(C)c2)cc1. The first-order valence-corrected chi connectivity index (χ1v) is 9.88. The van der Waals surface area contributed by atoms with Crippen molar-refractivity contribution in [2.75, 3.05) is 18.9 Å². The number of carbonyl (C=O) groups excluding carboxylic acids is 1. The summed E-state index contributed by atoms with van der Waals surface area (Å²) in [4.78, 5) is 11.8. The average molecular weight is 358 g/mol. The lowest BCUT2D eigenvalue weighted by molar-refractivity contribution is -0.121. The summed E-state index contributed by atoms with van der Waals surface area (Å²) in [5, 5.41) is 2.97. The van der Waals surface area contributed by atoms with E-state index in [4.69, 9.17) is 4.74 Å². The zero-order chi connectivity index (χ0) is 17.9. The van der Waals surface area contributed by atoms with Gasteiger partial charge in [0.1, 0.15) is 5.75 Å². The fourth-order valence-corrected chi connectivity index (χ4v) is 3.21. The van der Waals surface area contributed by atoms with Crippen molar-refractivity contribution >= 4 is 17.7 Å². The Balaban J connectivity index is 1.49. The highest BCUT2D eigenvalue weighted by molar-refractivity contribution is 7.98. The van der Waals surface area contributed by atoms with Crippen LogP contribution in [0.5, 0.6) is 5.75 Å². The molecule has 2 rings (SSSR count). The standard InChI is InChI=1S/C21H27NO2S/c1-17-8-10-20(11-9-17)24-13-4-7-21(23)22-12-14-25-16-19-6-3-5-18(2)15-19/h3,5-6,8-11,15H,4,7,12-14,16H2,1-2H3,(H,22,23). The van der Waals surface area contributed by atoms with Gasteiger partial charge in [0.05, 0.1) is 6.61 Å². The molecule has 2 aromatic carbocycles. The maximum atomic E-state index is 11.8. The molecule has 0 heterocycles. The molecule has 0 aromatic heterocycles. The minimum absolute atomic E-state index is 0.101. The summed E-state index contributed by atoms with van der Waals surface area (Å²) in [5.74, 6) is 2.88. The summed E-state index contributed by atoms with van der Waals surface area (Å²) in [6.45, 7) is 5.44. The minimum atomic E-state index is 0.101. The Bertz CT molecular complexity index is 655. The van der Waals surface area contributed by atoms with E-state index in [1.54, 1.807) is 0 Å². The number of hydrogen-bond acceptors (Lipinski definition) is 3. The first-order valence-electron chi connectivity index (χ1n) is 8.73. The Morgan fingerprint density at radius 3 is 2.64 bits per heavy atom. The predicted octanol–water partition coefficient (Wildman–Crippen LogP) is 4.51. The third-order valence-electron chi connectivity index (χ3n) is 3.76. The smallest absolute Gasteiger partial charge is 0.220 e. The number of amides is 1. The van der Waals surface area contributed by atoms with Crippen LogP contribution in [-0.2, 0) is 10.5 Å². The number of hydrogen-bond donors (Lipinski definition) is 1. The Labute approximate surface area is 155 Å². The van der Waals surface area contributed by atoms with Crippen molar-refractivity contribution in [3.8, 4) is 5.75 Å². The molecule has 0 aliphatic heterocycles. The molecule has 0 spiro atoms. The number of ether oxygens (including phenoxy) is 1. The molecule has 1 amide bonds. The maximum Gasteiger partial charge on any atom is 0.220 e. The molecule has 0 fully saturated rings. The second kappa shape index (κ2) is 10.8. The summed E-state index contributed by atoms with van der Waals surface area (Å²) in [6.07, 6.45) is 1.24. The molecule has 0 saturated carbocycles. The molecule has 4 heteroatoms. The van der Waals surface area contributed by atoms with Crippen molar-refractivity contribution in [2.45, 2.75) is 32.4 Å². The van der Waals surface area contributed by atoms with E-state index in [-0.39, 0.29) is 5.91 Å². The van der Waals surface area contributed by atoms with E-state index in [2.05, 4.69) is 36.5 Å². The van der Waals surface area contributed by atoms with Crippen LogP contribution >= 0.6 is 11.8 Å². The molecule has 0 radical (unpaired) electrons. The Kier molecular flexibility index (Phi) is 8.40. The van der Waals surface area contributed by atoms with Gasteiger partial charge in [-0.1, -0.05) is 47.5 Å². The lowest BCUT2D eigenvalue weighted by Gasteiger charge is -2.07. The van der Waals surface area contributed by atoms with Crippen LogP contribution in [0.2, 0.25) is 0 Å². The van der Waals surface area contributed by atoms with Gasteiger partial charge in [0, 0.05) is 24.5 Å². The number of benzene rings is 2. The highest BCUT2D eigenvalue weighted by Gasteiger charge is 2.01. The van der Waals surface area contributed by atoms with Crippen LogP contribution in [0, 0.1) is 13.8 Å². The zero-order valence-corrected chi connectivity index (χ0v) is 15.9. The molecular weight excluding hydrogens is 330 g/mol. The van der Waals surface area contributed by atoms with Gasteiger partial charge in [0.2, 0.25) is 5.91 Å². The largest absolute Gasteiger partial charge is 0.494 e. The predicted molar refractivity (Wildman–Crippen MR) is 106 cm³/mol. The molecule has 0 bridgehead atoms. The number of rotatable bonds is 10. The molecule has 0 atom stereocenters. The van der Waals surface area contributed by atoms with Crippen molar-refractivity contribution in [3.63, 3.8) is 0 Å². The lowest BCUT2D eigenvalue weighted by atomic mass is 10.2. The molecule has 3 nitrogen and oxygen atoms in total. The van der Waals surface area contributed by atoms with E-state index in [0.717, 1.165) is 23.7 Å². The van der Waals surface area contributed by atoms with Gasteiger partial charge in [-0.3, -0.25) is 4.79 Å². The Morgan fingerprint density at radius 1 is 1.08 bits per heavy atom. The Hall–Kier alpha value is -1.94. The topological polar surface area (TPSA) is 38.3 Å². The van der Waals surface area contributed by atoms with Crippen LogP contribution in [0.1, 0.15) is 29.5 Å². The maximum absolute atomic E-state index is 11.8. The molecular formula is C21H27NO2S. The normalized spacial score (nSPS) is 10.5. The quantitative estimate of drug-likeness (QED) is 0.636. The van der Waals surface area contributed by atoms with Crippen LogP contribution in [-0.4, -0.2) is 24.8 Å². The third-order valence-corrected chi connectivity index (χ3v) is 4.79. The van der Waals surface area contributed by atoms with Crippen molar-refractivity contribution in [1.82, 2.24) is 5.32 Å². The highest BCUT2D eigenvalue weighted by atomic mass is 32.2. The summed E-state index contributed by atoms with van der Waals surface area (Å²) >= 11 is 1.84. The Morgan fingerprint density at radius 2 is 1.88 bits per heavy atom. The summed E-state index contributed by atoms with van der Waals surface area (Å²) < 4.78 is 5.63. The second-order valence-corrected chi connectivity index (χ2v) is 7.26. The van der Waals surface area contributed by atoms with Gasteiger partial charge in [0.25, 0.3) is 0 Å². The van der Waals surface area contributed by atoms with Gasteiger partial charge in [-0.15, -0.1) is 0 Å². The number of thioether (sulfide) groups is 1. The van der Waals surface area contributed by atoms with E-state index >= 15 is 0 Å². The molecule has 1 N–H and O–H groups in total.